The summed E-state index contributed by atoms with van der Waals surface area (Å²) < 4.78 is 47.3. The van der Waals surface area contributed by atoms with Crippen LogP contribution in [0.5, 0.6) is 0 Å². The fourth-order valence-corrected chi connectivity index (χ4v) is 5.23. The van der Waals surface area contributed by atoms with Crippen LogP contribution in [0, 0.1) is 18.7 Å². The molecule has 1 aromatic heterocycles. The fraction of sp³-hybridized carbons (Fsp3) is 0.500. The van der Waals surface area contributed by atoms with E-state index in [4.69, 9.17) is 4.74 Å². The first-order chi connectivity index (χ1) is 15.5. The maximum Gasteiger partial charge on any atom is 0.309 e. The van der Waals surface area contributed by atoms with Crippen molar-refractivity contribution in [3.8, 4) is 0 Å². The van der Waals surface area contributed by atoms with E-state index in [1.807, 2.05) is 0 Å². The van der Waals surface area contributed by atoms with Crippen LogP contribution in [0.1, 0.15) is 31.2 Å². The number of hydrogen-bond acceptors (Lipinski definition) is 6. The number of likely N-dealkylation sites (N-methyl/N-ethyl adjacent to an activating group) is 1. The molecule has 2 aromatic rings. The Bertz CT molecular complexity index is 1110. The van der Waals surface area contributed by atoms with Gasteiger partial charge in [0.25, 0.3) is 15.9 Å². The first kappa shape index (κ1) is 24.8. The third-order valence-electron chi connectivity index (χ3n) is 5.80. The van der Waals surface area contributed by atoms with E-state index < -0.39 is 33.9 Å². The lowest BCUT2D eigenvalue weighted by molar-refractivity contribution is -0.163. The minimum atomic E-state index is -3.73. The van der Waals surface area contributed by atoms with Crippen molar-refractivity contribution in [1.82, 2.24) is 18.8 Å². The van der Waals surface area contributed by atoms with Crippen LogP contribution in [0.2, 0.25) is 0 Å². The zero-order valence-corrected chi connectivity index (χ0v) is 20.0. The topological polar surface area (TPSA) is 102 Å². The lowest BCUT2D eigenvalue weighted by Crippen LogP contribution is -2.42. The van der Waals surface area contributed by atoms with Crippen molar-refractivity contribution in [2.75, 3.05) is 20.1 Å². The summed E-state index contributed by atoms with van der Waals surface area (Å²) in [5, 5.41) is -0.0101. The van der Waals surface area contributed by atoms with Crippen LogP contribution in [0.25, 0.3) is 0 Å². The number of imidazole rings is 1. The molecule has 1 saturated heterocycles. The number of ether oxygens (including phenoxy) is 1. The van der Waals surface area contributed by atoms with Gasteiger partial charge in [0.1, 0.15) is 11.6 Å². The molecule has 1 fully saturated rings. The molecule has 33 heavy (non-hydrogen) atoms. The van der Waals surface area contributed by atoms with Gasteiger partial charge < -0.3 is 14.2 Å². The molecule has 1 aromatic carbocycles. The first-order valence-electron chi connectivity index (χ1n) is 10.7. The molecular formula is C22H29FN4O5S. The number of esters is 1. The standard InChI is InChI=1S/C22H29FN4O5S/c1-15(21(28)26(4)13-17-6-5-7-19(23)12-17)32-22(29)18-8-10-27(11-9-18)33(30,31)20-14-25(3)16(2)24-20/h5-7,12,14-15,18H,8-11,13H2,1-4H3. The second kappa shape index (κ2) is 10.0. The number of hydrogen-bond donors (Lipinski definition) is 0. The van der Waals surface area contributed by atoms with Gasteiger partial charge in [0.2, 0.25) is 0 Å². The Labute approximate surface area is 193 Å². The normalized spacial score (nSPS) is 16.4. The molecule has 2 heterocycles. The lowest BCUT2D eigenvalue weighted by atomic mass is 9.98. The van der Waals surface area contributed by atoms with Gasteiger partial charge in [-0.05, 0) is 44.4 Å². The Balaban J connectivity index is 1.52. The molecule has 1 unspecified atom stereocenters. The average molecular weight is 481 g/mol. The summed E-state index contributed by atoms with van der Waals surface area (Å²) >= 11 is 0. The van der Waals surface area contributed by atoms with Crippen LogP contribution in [0.15, 0.2) is 35.5 Å². The average Bonchev–Trinajstić information content (AvgIpc) is 3.12. The van der Waals surface area contributed by atoms with Gasteiger partial charge in [0.05, 0.1) is 5.92 Å². The zero-order chi connectivity index (χ0) is 24.3. The third kappa shape index (κ3) is 5.77. The summed E-state index contributed by atoms with van der Waals surface area (Å²) in [4.78, 5) is 30.6. The zero-order valence-electron chi connectivity index (χ0n) is 19.2. The summed E-state index contributed by atoms with van der Waals surface area (Å²) in [6.45, 7) is 3.73. The van der Waals surface area contributed by atoms with Crippen molar-refractivity contribution in [3.05, 3.63) is 47.7 Å². The number of aromatic nitrogens is 2. The number of benzene rings is 1. The Morgan fingerprint density at radius 1 is 1.30 bits per heavy atom. The van der Waals surface area contributed by atoms with Gasteiger partial charge in [-0.2, -0.15) is 4.31 Å². The number of carbonyl (C=O) groups is 2. The van der Waals surface area contributed by atoms with Gasteiger partial charge in [0, 0.05) is 39.9 Å². The van der Waals surface area contributed by atoms with Crippen molar-refractivity contribution < 1.29 is 27.1 Å². The molecule has 1 amide bonds. The second-order valence-corrected chi connectivity index (χ2v) is 10.2. The van der Waals surface area contributed by atoms with E-state index in [0.717, 1.165) is 0 Å². The maximum absolute atomic E-state index is 13.4. The van der Waals surface area contributed by atoms with Gasteiger partial charge in [-0.1, -0.05) is 12.1 Å². The third-order valence-corrected chi connectivity index (χ3v) is 7.57. The maximum atomic E-state index is 13.4. The van der Waals surface area contributed by atoms with E-state index in [2.05, 4.69) is 4.98 Å². The van der Waals surface area contributed by atoms with Gasteiger partial charge in [0.15, 0.2) is 11.1 Å². The highest BCUT2D eigenvalue weighted by atomic mass is 32.2. The van der Waals surface area contributed by atoms with E-state index in [1.165, 1.54) is 34.5 Å². The Hall–Kier alpha value is -2.79. The minimum absolute atomic E-state index is 0.0101. The molecule has 1 aliphatic heterocycles. The number of rotatable bonds is 7. The number of carbonyl (C=O) groups excluding carboxylic acids is 2. The molecule has 0 bridgehead atoms. The molecule has 0 spiro atoms. The van der Waals surface area contributed by atoms with Crippen LogP contribution >= 0.6 is 0 Å². The Morgan fingerprint density at radius 2 is 1.97 bits per heavy atom. The van der Waals surface area contributed by atoms with E-state index in [0.29, 0.717) is 24.2 Å². The molecule has 1 aliphatic rings. The number of piperidine rings is 1. The largest absolute Gasteiger partial charge is 0.452 e. The highest BCUT2D eigenvalue weighted by Crippen LogP contribution is 2.25. The Kier molecular flexibility index (Phi) is 7.53. The second-order valence-electron chi connectivity index (χ2n) is 8.32. The van der Waals surface area contributed by atoms with Gasteiger partial charge >= 0.3 is 5.97 Å². The van der Waals surface area contributed by atoms with Crippen LogP contribution in [-0.4, -0.2) is 65.3 Å². The molecule has 0 saturated carbocycles. The van der Waals surface area contributed by atoms with Crippen LogP contribution < -0.4 is 0 Å². The van der Waals surface area contributed by atoms with E-state index >= 15 is 0 Å². The molecule has 0 radical (unpaired) electrons. The van der Waals surface area contributed by atoms with Crippen molar-refractivity contribution in [1.29, 1.82) is 0 Å². The highest BCUT2D eigenvalue weighted by molar-refractivity contribution is 7.89. The number of aryl methyl sites for hydroxylation is 2. The summed E-state index contributed by atoms with van der Waals surface area (Å²) in [5.74, 6) is -1.23. The first-order valence-corrected chi connectivity index (χ1v) is 12.1. The molecule has 3 rings (SSSR count). The molecule has 0 aliphatic carbocycles. The lowest BCUT2D eigenvalue weighted by Gasteiger charge is -2.30. The smallest absolute Gasteiger partial charge is 0.309 e. The van der Waals surface area contributed by atoms with Crippen molar-refractivity contribution >= 4 is 21.9 Å². The highest BCUT2D eigenvalue weighted by Gasteiger charge is 2.35. The number of halogens is 1. The van der Waals surface area contributed by atoms with Crippen molar-refractivity contribution in [3.63, 3.8) is 0 Å². The summed E-state index contributed by atoms with van der Waals surface area (Å²) in [5.41, 5.74) is 0.626. The molecule has 0 N–H and O–H groups in total. The number of sulfonamides is 1. The summed E-state index contributed by atoms with van der Waals surface area (Å²) in [6, 6.07) is 5.93. The summed E-state index contributed by atoms with van der Waals surface area (Å²) in [6.07, 6.45) is 1.06. The van der Waals surface area contributed by atoms with Gasteiger partial charge in [-0.15, -0.1) is 0 Å². The molecule has 1 atom stereocenters. The minimum Gasteiger partial charge on any atom is -0.452 e. The molecule has 9 nitrogen and oxygen atoms in total. The van der Waals surface area contributed by atoms with Crippen LogP contribution in [-0.2, 0) is 37.9 Å². The number of amides is 1. The quantitative estimate of drug-likeness (QED) is 0.561. The molecule has 180 valence electrons. The van der Waals surface area contributed by atoms with E-state index in [-0.39, 0.29) is 30.5 Å². The monoisotopic (exact) mass is 480 g/mol. The van der Waals surface area contributed by atoms with E-state index in [1.54, 1.807) is 37.7 Å². The van der Waals surface area contributed by atoms with E-state index in [9.17, 15) is 22.4 Å². The van der Waals surface area contributed by atoms with Crippen LogP contribution in [0.3, 0.4) is 0 Å². The predicted molar refractivity (Wildman–Crippen MR) is 118 cm³/mol. The van der Waals surface area contributed by atoms with Crippen molar-refractivity contribution in [2.45, 2.75) is 44.4 Å². The van der Waals surface area contributed by atoms with Crippen LogP contribution in [0.4, 0.5) is 4.39 Å². The Morgan fingerprint density at radius 3 is 2.55 bits per heavy atom. The fourth-order valence-electron chi connectivity index (χ4n) is 3.73. The molecular weight excluding hydrogens is 451 g/mol. The summed E-state index contributed by atoms with van der Waals surface area (Å²) in [7, 11) is -0.452. The van der Waals surface area contributed by atoms with Crippen molar-refractivity contribution in [2.24, 2.45) is 13.0 Å². The van der Waals surface area contributed by atoms with Gasteiger partial charge in [-0.25, -0.2) is 17.8 Å². The SMILES string of the molecule is Cc1nc(S(=O)(=O)N2CCC(C(=O)OC(C)C(=O)N(C)Cc3cccc(F)c3)CC2)cn1C. The molecule has 11 heteroatoms. The van der Waals surface area contributed by atoms with Gasteiger partial charge in [-0.3, -0.25) is 9.59 Å². The predicted octanol–water partition coefficient (Wildman–Crippen LogP) is 1.86. The number of nitrogens with zero attached hydrogens (tertiary/aromatic N) is 4.